The molecule has 4 heteroatoms. The number of nitrogens with zero attached hydrogens (tertiary/aromatic N) is 2. The molecule has 0 aromatic rings. The summed E-state index contributed by atoms with van der Waals surface area (Å²) in [6.07, 6.45) is 1.07. The average Bonchev–Trinajstić information content (AvgIpc) is 2.33. The summed E-state index contributed by atoms with van der Waals surface area (Å²) in [5, 5.41) is 9.00. The lowest BCUT2D eigenvalue weighted by atomic mass is 10.1. The second kappa shape index (κ2) is 9.98. The van der Waals surface area contributed by atoms with E-state index < -0.39 is 5.97 Å². The van der Waals surface area contributed by atoms with Gasteiger partial charge < -0.3 is 10.0 Å². The first-order chi connectivity index (χ1) is 8.90. The van der Waals surface area contributed by atoms with Gasteiger partial charge in [0, 0.05) is 13.1 Å². The summed E-state index contributed by atoms with van der Waals surface area (Å²) >= 11 is 0. The van der Waals surface area contributed by atoms with Crippen molar-refractivity contribution in [3.63, 3.8) is 0 Å². The molecule has 0 aliphatic rings. The summed E-state index contributed by atoms with van der Waals surface area (Å²) in [5.74, 6) is -1.05. The van der Waals surface area contributed by atoms with Gasteiger partial charge in [-0.05, 0) is 39.5 Å². The monoisotopic (exact) mass is 270 g/mol. The minimum absolute atomic E-state index is 0.326. The molecule has 0 fully saturated rings. The zero-order chi connectivity index (χ0) is 14.8. The van der Waals surface area contributed by atoms with Gasteiger partial charge in [-0.15, -0.1) is 0 Å². The van der Waals surface area contributed by atoms with E-state index in [4.69, 9.17) is 5.11 Å². The molecule has 1 N–H and O–H groups in total. The number of aliphatic carboxylic acids is 1. The van der Waals surface area contributed by atoms with Crippen molar-refractivity contribution in [1.82, 2.24) is 9.80 Å². The van der Waals surface area contributed by atoms with Crippen molar-refractivity contribution < 1.29 is 9.90 Å². The molecule has 1 unspecified atom stereocenters. The Kier molecular flexibility index (Phi) is 9.53. The van der Waals surface area contributed by atoms with Crippen LogP contribution in [0.5, 0.6) is 0 Å². The van der Waals surface area contributed by atoms with Crippen LogP contribution in [-0.4, -0.2) is 60.1 Å². The number of hydrogen-bond acceptors (Lipinski definition) is 3. The Morgan fingerprint density at radius 3 is 2.16 bits per heavy atom. The van der Waals surface area contributed by atoms with Crippen LogP contribution < -0.4 is 0 Å². The molecular formula is C15H30N2O2. The maximum absolute atomic E-state index is 10.9. The van der Waals surface area contributed by atoms with E-state index in [2.05, 4.69) is 30.2 Å². The Hall–Kier alpha value is -0.870. The van der Waals surface area contributed by atoms with Crippen LogP contribution in [0.4, 0.5) is 0 Å². The second-order valence-electron chi connectivity index (χ2n) is 5.31. The molecule has 1 atom stereocenters. The summed E-state index contributed by atoms with van der Waals surface area (Å²) < 4.78 is 0. The van der Waals surface area contributed by atoms with Crippen molar-refractivity contribution >= 4 is 5.97 Å². The first-order valence-electron chi connectivity index (χ1n) is 7.22. The molecule has 4 nitrogen and oxygen atoms in total. The van der Waals surface area contributed by atoms with Gasteiger partial charge in [-0.25, -0.2) is 0 Å². The minimum atomic E-state index is -0.726. The van der Waals surface area contributed by atoms with Gasteiger partial charge in [0.15, 0.2) is 0 Å². The molecule has 0 radical (unpaired) electrons. The third-order valence-corrected chi connectivity index (χ3v) is 3.29. The van der Waals surface area contributed by atoms with Crippen LogP contribution in [0.1, 0.15) is 34.1 Å². The van der Waals surface area contributed by atoms with Crippen molar-refractivity contribution in [2.24, 2.45) is 5.92 Å². The van der Waals surface area contributed by atoms with Crippen LogP contribution in [0.2, 0.25) is 0 Å². The standard InChI is InChI=1S/C15H30N2O2/c1-6-16(7-2)9-8-10-17(11-13(3)4)12-14(5)15(18)19/h14H,3,6-12H2,1-2,4-5H3,(H,18,19). The van der Waals surface area contributed by atoms with E-state index in [1.165, 1.54) is 0 Å². The van der Waals surface area contributed by atoms with E-state index >= 15 is 0 Å². The predicted octanol–water partition coefficient (Wildman–Crippen LogP) is 2.32. The molecule has 0 heterocycles. The van der Waals surface area contributed by atoms with Crippen molar-refractivity contribution in [2.75, 3.05) is 39.3 Å². The smallest absolute Gasteiger partial charge is 0.307 e. The van der Waals surface area contributed by atoms with Crippen molar-refractivity contribution in [2.45, 2.75) is 34.1 Å². The topological polar surface area (TPSA) is 43.8 Å². The van der Waals surface area contributed by atoms with Gasteiger partial charge in [0.1, 0.15) is 0 Å². The fourth-order valence-electron chi connectivity index (χ4n) is 2.14. The Balaban J connectivity index is 4.20. The highest BCUT2D eigenvalue weighted by molar-refractivity contribution is 5.69. The van der Waals surface area contributed by atoms with Crippen molar-refractivity contribution in [1.29, 1.82) is 0 Å². The summed E-state index contributed by atoms with van der Waals surface area (Å²) in [6, 6.07) is 0. The highest BCUT2D eigenvalue weighted by Crippen LogP contribution is 2.05. The third kappa shape index (κ3) is 8.78. The van der Waals surface area contributed by atoms with E-state index in [-0.39, 0.29) is 5.92 Å². The molecule has 0 aromatic heterocycles. The minimum Gasteiger partial charge on any atom is -0.481 e. The third-order valence-electron chi connectivity index (χ3n) is 3.29. The molecule has 0 bridgehead atoms. The maximum atomic E-state index is 10.9. The Morgan fingerprint density at radius 2 is 1.74 bits per heavy atom. The first-order valence-corrected chi connectivity index (χ1v) is 7.22. The molecule has 0 aromatic carbocycles. The van der Waals surface area contributed by atoms with Gasteiger partial charge in [0.25, 0.3) is 0 Å². The van der Waals surface area contributed by atoms with Crippen molar-refractivity contribution in [3.8, 4) is 0 Å². The molecule has 0 saturated heterocycles. The highest BCUT2D eigenvalue weighted by Gasteiger charge is 2.16. The maximum Gasteiger partial charge on any atom is 0.307 e. The van der Waals surface area contributed by atoms with Crippen LogP contribution >= 0.6 is 0 Å². The van der Waals surface area contributed by atoms with Gasteiger partial charge in [0.05, 0.1) is 5.92 Å². The summed E-state index contributed by atoms with van der Waals surface area (Å²) in [5.41, 5.74) is 1.08. The predicted molar refractivity (Wildman–Crippen MR) is 80.5 cm³/mol. The summed E-state index contributed by atoms with van der Waals surface area (Å²) in [7, 11) is 0. The number of hydrogen-bond donors (Lipinski definition) is 1. The SMILES string of the molecule is C=C(C)CN(CCCN(CC)CC)CC(C)C(=O)O. The van der Waals surface area contributed by atoms with Gasteiger partial charge >= 0.3 is 5.97 Å². The van der Waals surface area contributed by atoms with Crippen LogP contribution in [0.25, 0.3) is 0 Å². The van der Waals surface area contributed by atoms with Crippen LogP contribution in [0, 0.1) is 5.92 Å². The molecule has 0 rings (SSSR count). The lowest BCUT2D eigenvalue weighted by Gasteiger charge is -2.26. The van der Waals surface area contributed by atoms with Crippen LogP contribution in [0.15, 0.2) is 12.2 Å². The second-order valence-corrected chi connectivity index (χ2v) is 5.31. The van der Waals surface area contributed by atoms with E-state index in [1.54, 1.807) is 6.92 Å². The normalized spacial score (nSPS) is 12.9. The summed E-state index contributed by atoms with van der Waals surface area (Å²) in [4.78, 5) is 15.5. The van der Waals surface area contributed by atoms with E-state index in [0.29, 0.717) is 6.54 Å². The molecule has 0 spiro atoms. The van der Waals surface area contributed by atoms with Crippen LogP contribution in [0.3, 0.4) is 0 Å². The first kappa shape index (κ1) is 18.1. The number of carboxylic acid groups (broad SMARTS) is 1. The zero-order valence-electron chi connectivity index (χ0n) is 13.0. The molecule has 0 amide bonds. The Morgan fingerprint density at radius 1 is 1.21 bits per heavy atom. The number of rotatable bonds is 11. The van der Waals surface area contributed by atoms with Gasteiger partial charge in [-0.1, -0.05) is 32.9 Å². The number of carboxylic acids is 1. The Bertz CT molecular complexity index is 275. The molecule has 0 aliphatic heterocycles. The average molecular weight is 270 g/mol. The number of carbonyl (C=O) groups is 1. The Labute approximate surface area is 118 Å². The summed E-state index contributed by atoms with van der Waals surface area (Å²) in [6.45, 7) is 17.5. The van der Waals surface area contributed by atoms with Gasteiger partial charge in [-0.3, -0.25) is 9.69 Å². The van der Waals surface area contributed by atoms with E-state index in [0.717, 1.165) is 44.7 Å². The van der Waals surface area contributed by atoms with Crippen molar-refractivity contribution in [3.05, 3.63) is 12.2 Å². The van der Waals surface area contributed by atoms with E-state index in [1.807, 2.05) is 6.92 Å². The lowest BCUT2D eigenvalue weighted by molar-refractivity contribution is -0.141. The molecule has 0 saturated carbocycles. The fraction of sp³-hybridized carbons (Fsp3) is 0.800. The fourth-order valence-corrected chi connectivity index (χ4v) is 2.14. The largest absolute Gasteiger partial charge is 0.481 e. The van der Waals surface area contributed by atoms with Crippen LogP contribution in [-0.2, 0) is 4.79 Å². The highest BCUT2D eigenvalue weighted by atomic mass is 16.4. The molecule has 19 heavy (non-hydrogen) atoms. The quantitative estimate of drug-likeness (QED) is 0.585. The molecule has 112 valence electrons. The zero-order valence-corrected chi connectivity index (χ0v) is 13.0. The molecule has 0 aliphatic carbocycles. The molecular weight excluding hydrogens is 240 g/mol. The van der Waals surface area contributed by atoms with E-state index in [9.17, 15) is 4.79 Å². The van der Waals surface area contributed by atoms with Gasteiger partial charge in [0.2, 0.25) is 0 Å². The lowest BCUT2D eigenvalue weighted by Crippen LogP contribution is -2.35. The van der Waals surface area contributed by atoms with Gasteiger partial charge in [-0.2, -0.15) is 0 Å².